The normalized spacial score (nSPS) is 10.8. The van der Waals surface area contributed by atoms with E-state index in [4.69, 9.17) is 14.9 Å². The summed E-state index contributed by atoms with van der Waals surface area (Å²) in [6.45, 7) is 5.03. The molecule has 7 heteroatoms. The van der Waals surface area contributed by atoms with Gasteiger partial charge in [0.05, 0.1) is 6.20 Å². The molecule has 1 amide bonds. The van der Waals surface area contributed by atoms with Gasteiger partial charge in [0, 0.05) is 0 Å². The number of carbonyl (C=O) groups excluding carboxylic acids is 1. The Bertz CT molecular complexity index is 479. The number of nitrogens with zero attached hydrogens (tertiary/aromatic N) is 1. The van der Waals surface area contributed by atoms with Crippen LogP contribution in [0.4, 0.5) is 10.6 Å². The van der Waals surface area contributed by atoms with Crippen LogP contribution in [-0.4, -0.2) is 32.9 Å². The molecule has 3 N–H and O–H groups in total. The Kier molecular flexibility index (Phi) is 3.75. The number of carboxylic acid groups (broad SMARTS) is 1. The molecule has 0 aliphatic rings. The highest BCUT2D eigenvalue weighted by atomic mass is 16.6. The van der Waals surface area contributed by atoms with Crippen molar-refractivity contribution >= 4 is 17.9 Å². The highest BCUT2D eigenvalue weighted by Gasteiger charge is 2.19. The third-order valence-corrected chi connectivity index (χ3v) is 1.72. The van der Waals surface area contributed by atoms with Crippen LogP contribution in [0, 0.1) is 0 Å². The number of nitrogens with one attached hydrogen (secondary N) is 1. The topological polar surface area (TPSA) is 109 Å². The summed E-state index contributed by atoms with van der Waals surface area (Å²) >= 11 is 0. The summed E-state index contributed by atoms with van der Waals surface area (Å²) in [6, 6.07) is 0.988. The van der Waals surface area contributed by atoms with Crippen molar-refractivity contribution in [3.05, 3.63) is 17.8 Å². The second-order valence-electron chi connectivity index (χ2n) is 4.52. The average Bonchev–Trinajstić information content (AvgIpc) is 2.17. The number of aromatic hydroxyl groups is 1. The minimum Gasteiger partial charge on any atom is -0.506 e. The Hall–Kier alpha value is -2.31. The van der Waals surface area contributed by atoms with E-state index < -0.39 is 17.7 Å². The zero-order valence-electron chi connectivity index (χ0n) is 10.2. The Morgan fingerprint density at radius 3 is 2.50 bits per heavy atom. The van der Waals surface area contributed by atoms with Crippen LogP contribution in [0.15, 0.2) is 12.3 Å². The van der Waals surface area contributed by atoms with E-state index in [1.807, 2.05) is 0 Å². The molecule has 0 saturated carbocycles. The Morgan fingerprint density at radius 1 is 1.39 bits per heavy atom. The molecule has 0 fully saturated rings. The van der Waals surface area contributed by atoms with Crippen molar-refractivity contribution in [3.63, 3.8) is 0 Å². The molecule has 0 aromatic carbocycles. The van der Waals surface area contributed by atoms with Gasteiger partial charge in [0.1, 0.15) is 22.7 Å². The first kappa shape index (κ1) is 13.8. The van der Waals surface area contributed by atoms with E-state index in [1.165, 1.54) is 0 Å². The molecule has 0 spiro atoms. The molecule has 0 radical (unpaired) electrons. The van der Waals surface area contributed by atoms with Crippen molar-refractivity contribution in [3.8, 4) is 5.75 Å². The lowest BCUT2D eigenvalue weighted by atomic mass is 10.2. The molecule has 1 aromatic heterocycles. The molecule has 1 aromatic rings. The van der Waals surface area contributed by atoms with Crippen LogP contribution >= 0.6 is 0 Å². The fraction of sp³-hybridized carbons (Fsp3) is 0.364. The standard InChI is InChI=1S/C11H14N2O5/c1-11(2,3)18-10(17)13-8-7(9(15)16)4-6(14)5-12-8/h4-5,14H,1-3H3,(H,15,16)(H,12,13,17). The van der Waals surface area contributed by atoms with Gasteiger partial charge in [-0.1, -0.05) is 0 Å². The quantitative estimate of drug-likeness (QED) is 0.742. The molecule has 18 heavy (non-hydrogen) atoms. The molecular weight excluding hydrogens is 240 g/mol. The number of hydrogen-bond acceptors (Lipinski definition) is 5. The van der Waals surface area contributed by atoms with Gasteiger partial charge in [-0.3, -0.25) is 5.32 Å². The summed E-state index contributed by atoms with van der Waals surface area (Å²) in [6.07, 6.45) is 0.210. The van der Waals surface area contributed by atoms with Crippen molar-refractivity contribution in [1.82, 2.24) is 4.98 Å². The summed E-state index contributed by atoms with van der Waals surface area (Å²) in [4.78, 5) is 26.0. The van der Waals surface area contributed by atoms with Gasteiger partial charge < -0.3 is 14.9 Å². The number of carbonyl (C=O) groups is 2. The van der Waals surface area contributed by atoms with Crippen LogP contribution in [0.5, 0.6) is 5.75 Å². The van der Waals surface area contributed by atoms with Gasteiger partial charge in [-0.15, -0.1) is 0 Å². The van der Waals surface area contributed by atoms with Crippen molar-refractivity contribution in [1.29, 1.82) is 0 Å². The van der Waals surface area contributed by atoms with Crippen LogP contribution in [0.1, 0.15) is 31.1 Å². The molecule has 1 heterocycles. The summed E-state index contributed by atoms with van der Waals surface area (Å²) < 4.78 is 4.96. The number of rotatable bonds is 2. The van der Waals surface area contributed by atoms with Crippen LogP contribution in [-0.2, 0) is 4.74 Å². The molecule has 0 unspecified atom stereocenters. The maximum absolute atomic E-state index is 11.5. The van der Waals surface area contributed by atoms with Crippen LogP contribution in [0.25, 0.3) is 0 Å². The van der Waals surface area contributed by atoms with Crippen LogP contribution in [0.2, 0.25) is 0 Å². The summed E-state index contributed by atoms with van der Waals surface area (Å²) in [5, 5.41) is 20.2. The minimum atomic E-state index is -1.32. The lowest BCUT2D eigenvalue weighted by Crippen LogP contribution is -2.28. The first-order valence-electron chi connectivity index (χ1n) is 5.11. The monoisotopic (exact) mass is 254 g/mol. The van der Waals surface area contributed by atoms with Crippen molar-refractivity contribution in [2.75, 3.05) is 5.32 Å². The number of ether oxygens (including phenoxy) is 1. The first-order chi connectivity index (χ1) is 8.19. The van der Waals surface area contributed by atoms with Crippen molar-refractivity contribution in [2.24, 2.45) is 0 Å². The number of amides is 1. The third-order valence-electron chi connectivity index (χ3n) is 1.72. The van der Waals surface area contributed by atoms with Gasteiger partial charge in [-0.25, -0.2) is 14.6 Å². The van der Waals surface area contributed by atoms with Gasteiger partial charge in [-0.05, 0) is 26.8 Å². The van der Waals surface area contributed by atoms with Gasteiger partial charge in [0.25, 0.3) is 0 Å². The summed E-state index contributed by atoms with van der Waals surface area (Å²) in [5.41, 5.74) is -1.02. The van der Waals surface area contributed by atoms with Crippen molar-refractivity contribution in [2.45, 2.75) is 26.4 Å². The highest BCUT2D eigenvalue weighted by molar-refractivity contribution is 5.97. The second kappa shape index (κ2) is 4.91. The molecule has 0 aliphatic carbocycles. The fourth-order valence-electron chi connectivity index (χ4n) is 1.12. The van der Waals surface area contributed by atoms with E-state index >= 15 is 0 Å². The van der Waals surface area contributed by atoms with Crippen LogP contribution < -0.4 is 5.32 Å². The van der Waals surface area contributed by atoms with Gasteiger partial charge >= 0.3 is 12.1 Å². The minimum absolute atomic E-state index is 0.186. The Labute approximate surface area is 103 Å². The number of aromatic carboxylic acids is 1. The molecule has 0 aliphatic heterocycles. The van der Waals surface area contributed by atoms with E-state index in [0.717, 1.165) is 12.3 Å². The van der Waals surface area contributed by atoms with E-state index in [9.17, 15) is 9.59 Å². The van der Waals surface area contributed by atoms with E-state index in [0.29, 0.717) is 0 Å². The molecule has 1 rings (SSSR count). The number of anilines is 1. The van der Waals surface area contributed by atoms with Crippen molar-refractivity contribution < 1.29 is 24.5 Å². The SMILES string of the molecule is CC(C)(C)OC(=O)Nc1ncc(O)cc1C(=O)O. The largest absolute Gasteiger partial charge is 0.506 e. The lowest BCUT2D eigenvalue weighted by Gasteiger charge is -2.19. The number of carboxylic acids is 1. The van der Waals surface area contributed by atoms with Gasteiger partial charge in [0.15, 0.2) is 0 Å². The Balaban J connectivity index is 2.91. The maximum atomic E-state index is 11.5. The fourth-order valence-corrected chi connectivity index (χ4v) is 1.12. The lowest BCUT2D eigenvalue weighted by molar-refractivity contribution is 0.0635. The maximum Gasteiger partial charge on any atom is 0.413 e. The molecule has 0 saturated heterocycles. The first-order valence-corrected chi connectivity index (χ1v) is 5.11. The predicted molar refractivity (Wildman–Crippen MR) is 62.7 cm³/mol. The number of pyridine rings is 1. The summed E-state index contributed by atoms with van der Waals surface area (Å²) in [5.74, 6) is -1.80. The smallest absolute Gasteiger partial charge is 0.413 e. The molecule has 0 atom stereocenters. The second-order valence-corrected chi connectivity index (χ2v) is 4.52. The molecular formula is C11H14N2O5. The number of aromatic nitrogens is 1. The molecule has 98 valence electrons. The molecule has 7 nitrogen and oxygen atoms in total. The van der Waals surface area contributed by atoms with Gasteiger partial charge in [0.2, 0.25) is 0 Å². The zero-order chi connectivity index (χ0) is 13.9. The third kappa shape index (κ3) is 3.93. The van der Waals surface area contributed by atoms with E-state index in [-0.39, 0.29) is 17.1 Å². The van der Waals surface area contributed by atoms with E-state index in [1.54, 1.807) is 20.8 Å². The average molecular weight is 254 g/mol. The van der Waals surface area contributed by atoms with E-state index in [2.05, 4.69) is 10.3 Å². The predicted octanol–water partition coefficient (Wildman–Crippen LogP) is 1.83. The highest BCUT2D eigenvalue weighted by Crippen LogP contribution is 2.19. The summed E-state index contributed by atoms with van der Waals surface area (Å²) in [7, 11) is 0. The Morgan fingerprint density at radius 2 is 2.00 bits per heavy atom. The zero-order valence-corrected chi connectivity index (χ0v) is 10.2. The van der Waals surface area contributed by atoms with Crippen LogP contribution in [0.3, 0.4) is 0 Å². The van der Waals surface area contributed by atoms with Gasteiger partial charge in [-0.2, -0.15) is 0 Å². The molecule has 0 bridgehead atoms. The number of hydrogen-bond donors (Lipinski definition) is 3.